The molecule has 1 aliphatic carbocycles. The van der Waals surface area contributed by atoms with Gasteiger partial charge in [0.1, 0.15) is 6.61 Å². The quantitative estimate of drug-likeness (QED) is 0.871. The van der Waals surface area contributed by atoms with Crippen LogP contribution in [0, 0.1) is 0 Å². The maximum Gasteiger partial charge on any atom is 0.409 e. The Morgan fingerprint density at radius 2 is 1.60 bits per heavy atom. The average Bonchev–Trinajstić information content (AvgIpc) is 2.94. The van der Waals surface area contributed by atoms with Crippen LogP contribution in [0.15, 0.2) is 48.5 Å². The van der Waals surface area contributed by atoms with Gasteiger partial charge >= 0.3 is 12.1 Å². The van der Waals surface area contributed by atoms with Crippen LogP contribution >= 0.6 is 0 Å². The minimum absolute atomic E-state index is 0.00882. The third kappa shape index (κ3) is 3.50. The van der Waals surface area contributed by atoms with Gasteiger partial charge in [0.2, 0.25) is 0 Å². The number of carbonyl (C=O) groups excluding carboxylic acids is 1. The van der Waals surface area contributed by atoms with Gasteiger partial charge in [-0.1, -0.05) is 48.5 Å². The third-order valence-corrected chi connectivity index (χ3v) is 4.57. The summed E-state index contributed by atoms with van der Waals surface area (Å²) in [7, 11) is 0. The molecule has 0 heterocycles. The van der Waals surface area contributed by atoms with Crippen molar-refractivity contribution in [3.8, 4) is 11.1 Å². The third-order valence-electron chi connectivity index (χ3n) is 4.57. The molecular weight excluding hydrogens is 318 g/mol. The van der Waals surface area contributed by atoms with E-state index in [1.54, 1.807) is 0 Å². The summed E-state index contributed by atoms with van der Waals surface area (Å²) >= 11 is 0. The maximum atomic E-state index is 12.3. The molecule has 2 aromatic rings. The zero-order valence-electron chi connectivity index (χ0n) is 14.1. The van der Waals surface area contributed by atoms with Crippen LogP contribution in [0.25, 0.3) is 11.1 Å². The molecular formula is C20H21NO4. The fourth-order valence-corrected chi connectivity index (χ4v) is 3.29. The summed E-state index contributed by atoms with van der Waals surface area (Å²) < 4.78 is 5.52. The first kappa shape index (κ1) is 17.0. The molecule has 0 atom stereocenters. The summed E-state index contributed by atoms with van der Waals surface area (Å²) in [6, 6.07) is 16.3. The van der Waals surface area contributed by atoms with E-state index in [1.807, 2.05) is 31.2 Å². The van der Waals surface area contributed by atoms with Crippen molar-refractivity contribution in [1.29, 1.82) is 0 Å². The van der Waals surface area contributed by atoms with Crippen molar-refractivity contribution in [2.24, 2.45) is 0 Å². The van der Waals surface area contributed by atoms with Crippen LogP contribution in [0.2, 0.25) is 0 Å². The molecule has 0 aliphatic heterocycles. The van der Waals surface area contributed by atoms with Gasteiger partial charge < -0.3 is 14.7 Å². The Balaban J connectivity index is 1.73. The van der Waals surface area contributed by atoms with Crippen molar-refractivity contribution in [1.82, 2.24) is 4.90 Å². The lowest BCUT2D eigenvalue weighted by Crippen LogP contribution is -2.34. The topological polar surface area (TPSA) is 66.8 Å². The molecule has 0 saturated heterocycles. The summed E-state index contributed by atoms with van der Waals surface area (Å²) in [6.07, 6.45) is -0.552. The number of benzene rings is 2. The van der Waals surface area contributed by atoms with E-state index in [4.69, 9.17) is 9.84 Å². The van der Waals surface area contributed by atoms with Crippen molar-refractivity contribution >= 4 is 12.1 Å². The molecule has 130 valence electrons. The molecule has 3 rings (SSSR count). The summed E-state index contributed by atoms with van der Waals surface area (Å²) in [4.78, 5) is 24.4. The maximum absolute atomic E-state index is 12.3. The summed E-state index contributed by atoms with van der Waals surface area (Å²) in [5.74, 6) is -0.917. The van der Waals surface area contributed by atoms with E-state index >= 15 is 0 Å². The van der Waals surface area contributed by atoms with Crippen LogP contribution in [0.5, 0.6) is 0 Å². The number of amides is 1. The summed E-state index contributed by atoms with van der Waals surface area (Å²) in [5, 5.41) is 8.78. The molecule has 0 spiro atoms. The second-order valence-electron chi connectivity index (χ2n) is 6.03. The second kappa shape index (κ2) is 7.38. The molecule has 25 heavy (non-hydrogen) atoms. The van der Waals surface area contributed by atoms with Gasteiger partial charge in [-0.05, 0) is 29.2 Å². The highest BCUT2D eigenvalue weighted by Gasteiger charge is 2.29. The Labute approximate surface area is 146 Å². The minimum Gasteiger partial charge on any atom is -0.481 e. The lowest BCUT2D eigenvalue weighted by Gasteiger charge is -2.21. The second-order valence-corrected chi connectivity index (χ2v) is 6.03. The van der Waals surface area contributed by atoms with Crippen molar-refractivity contribution in [2.75, 3.05) is 19.7 Å². The molecule has 0 unspecified atom stereocenters. The summed E-state index contributed by atoms with van der Waals surface area (Å²) in [6.45, 7) is 2.63. The zero-order valence-corrected chi connectivity index (χ0v) is 14.1. The van der Waals surface area contributed by atoms with Crippen LogP contribution in [0.4, 0.5) is 4.79 Å². The molecule has 5 nitrogen and oxygen atoms in total. The monoisotopic (exact) mass is 339 g/mol. The Bertz CT molecular complexity index is 741. The van der Waals surface area contributed by atoms with E-state index in [0.717, 1.165) is 11.1 Å². The number of fused-ring (bicyclic) bond motifs is 3. The molecule has 0 aromatic heterocycles. The molecule has 1 aliphatic rings. The van der Waals surface area contributed by atoms with E-state index in [-0.39, 0.29) is 25.5 Å². The van der Waals surface area contributed by atoms with Gasteiger partial charge in [0.15, 0.2) is 0 Å². The number of ether oxygens (including phenoxy) is 1. The van der Waals surface area contributed by atoms with Gasteiger partial charge in [-0.15, -0.1) is 0 Å². The van der Waals surface area contributed by atoms with Crippen LogP contribution in [0.3, 0.4) is 0 Å². The molecule has 0 saturated carbocycles. The predicted octanol–water partition coefficient (Wildman–Crippen LogP) is 3.73. The fraction of sp³-hybridized carbons (Fsp3) is 0.300. The van der Waals surface area contributed by atoms with Gasteiger partial charge in [0.05, 0.1) is 6.42 Å². The first-order valence-corrected chi connectivity index (χ1v) is 8.43. The lowest BCUT2D eigenvalue weighted by molar-refractivity contribution is -0.137. The van der Waals surface area contributed by atoms with Crippen LogP contribution in [-0.4, -0.2) is 41.8 Å². The number of hydrogen-bond donors (Lipinski definition) is 1. The van der Waals surface area contributed by atoms with Gasteiger partial charge in [-0.25, -0.2) is 4.79 Å². The van der Waals surface area contributed by atoms with Crippen molar-refractivity contribution < 1.29 is 19.4 Å². The Morgan fingerprint density at radius 1 is 1.04 bits per heavy atom. The molecule has 0 radical (unpaired) electrons. The number of aliphatic carboxylic acids is 1. The minimum atomic E-state index is -0.926. The SMILES string of the molecule is CCN(CCC(=O)O)C(=O)OCC1c2ccccc2-c2ccccc21. The standard InChI is InChI=1S/C20H21NO4/c1-2-21(12-11-19(22)23)20(24)25-13-18-16-9-5-3-7-14(16)15-8-4-6-10-17(15)18/h3-10,18H,2,11-13H2,1H3,(H,22,23). The first-order valence-electron chi connectivity index (χ1n) is 8.43. The largest absolute Gasteiger partial charge is 0.481 e. The highest BCUT2D eigenvalue weighted by atomic mass is 16.6. The highest BCUT2D eigenvalue weighted by molar-refractivity contribution is 5.79. The molecule has 1 amide bonds. The summed E-state index contributed by atoms with van der Waals surface area (Å²) in [5.41, 5.74) is 4.67. The average molecular weight is 339 g/mol. The normalized spacial score (nSPS) is 12.4. The van der Waals surface area contributed by atoms with Crippen molar-refractivity contribution in [3.05, 3.63) is 59.7 Å². The smallest absolute Gasteiger partial charge is 0.409 e. The molecule has 5 heteroatoms. The molecule has 0 bridgehead atoms. The number of nitrogens with zero attached hydrogens (tertiary/aromatic N) is 1. The van der Waals surface area contributed by atoms with Gasteiger partial charge in [-0.3, -0.25) is 4.79 Å². The zero-order chi connectivity index (χ0) is 17.8. The van der Waals surface area contributed by atoms with Gasteiger partial charge in [0, 0.05) is 19.0 Å². The number of carboxylic acids is 1. The van der Waals surface area contributed by atoms with Crippen LogP contribution in [0.1, 0.15) is 30.4 Å². The van der Waals surface area contributed by atoms with Crippen molar-refractivity contribution in [2.45, 2.75) is 19.3 Å². The number of carboxylic acid groups (broad SMARTS) is 1. The number of carbonyl (C=O) groups is 2. The highest BCUT2D eigenvalue weighted by Crippen LogP contribution is 2.44. The first-order chi connectivity index (χ1) is 12.1. The molecule has 2 aromatic carbocycles. The number of hydrogen-bond acceptors (Lipinski definition) is 3. The molecule has 1 N–H and O–H groups in total. The lowest BCUT2D eigenvalue weighted by atomic mass is 9.98. The van der Waals surface area contributed by atoms with E-state index in [2.05, 4.69) is 24.3 Å². The van der Waals surface area contributed by atoms with E-state index in [9.17, 15) is 9.59 Å². The van der Waals surface area contributed by atoms with Gasteiger partial charge in [-0.2, -0.15) is 0 Å². The Hall–Kier alpha value is -2.82. The van der Waals surface area contributed by atoms with Crippen LogP contribution < -0.4 is 0 Å². The van der Waals surface area contributed by atoms with E-state index in [1.165, 1.54) is 16.0 Å². The Kier molecular flexibility index (Phi) is 5.03. The molecule has 0 fully saturated rings. The van der Waals surface area contributed by atoms with Crippen LogP contribution in [-0.2, 0) is 9.53 Å². The van der Waals surface area contributed by atoms with Gasteiger partial charge in [0.25, 0.3) is 0 Å². The Morgan fingerprint density at radius 3 is 2.12 bits per heavy atom. The van der Waals surface area contributed by atoms with E-state index in [0.29, 0.717) is 6.54 Å². The predicted molar refractivity (Wildman–Crippen MR) is 94.6 cm³/mol. The van der Waals surface area contributed by atoms with Crippen molar-refractivity contribution in [3.63, 3.8) is 0 Å². The van der Waals surface area contributed by atoms with E-state index < -0.39 is 12.1 Å². The number of rotatable bonds is 6. The fourth-order valence-electron chi connectivity index (χ4n) is 3.29.